The summed E-state index contributed by atoms with van der Waals surface area (Å²) in [6, 6.07) is 2.57. The van der Waals surface area contributed by atoms with Crippen molar-refractivity contribution in [1.29, 1.82) is 0 Å². The van der Waals surface area contributed by atoms with E-state index in [-0.39, 0.29) is 11.5 Å². The summed E-state index contributed by atoms with van der Waals surface area (Å²) in [5, 5.41) is 9.33. The molecule has 1 aromatic carbocycles. The largest absolute Gasteiger partial charge is 0.534 e. The quantitative estimate of drug-likeness (QED) is 0.641. The Morgan fingerprint density at radius 3 is 2.00 bits per heavy atom. The molecule has 0 bridgehead atoms. The molecule has 1 N–H and O–H groups in total. The summed E-state index contributed by atoms with van der Waals surface area (Å²) in [6.07, 6.45) is 0. The van der Waals surface area contributed by atoms with Crippen molar-refractivity contribution in [2.24, 2.45) is 0 Å². The van der Waals surface area contributed by atoms with Crippen molar-refractivity contribution in [2.75, 3.05) is 0 Å². The van der Waals surface area contributed by atoms with Gasteiger partial charge in [0.15, 0.2) is 5.75 Å². The van der Waals surface area contributed by atoms with Crippen LogP contribution in [0.4, 0.5) is 13.2 Å². The highest BCUT2D eigenvalue weighted by molar-refractivity contribution is 7.88. The zero-order chi connectivity index (χ0) is 19.1. The molecule has 136 valence electrons. The van der Waals surface area contributed by atoms with E-state index in [1.54, 1.807) is 40.7 Å². The average Bonchev–Trinajstić information content (AvgIpc) is 2.34. The Balaban J connectivity index is 3.74. The molecule has 0 amide bonds. The molecule has 0 radical (unpaired) electrons. The average molecular weight is 368 g/mol. The minimum absolute atomic E-state index is 0.197. The van der Waals surface area contributed by atoms with Gasteiger partial charge >= 0.3 is 21.6 Å². The van der Waals surface area contributed by atoms with Gasteiger partial charge in [-0.2, -0.15) is 21.6 Å². The molecule has 0 atom stereocenters. The van der Waals surface area contributed by atoms with Gasteiger partial charge in [0.05, 0.1) is 0 Å². The highest BCUT2D eigenvalue weighted by Gasteiger charge is 2.49. The van der Waals surface area contributed by atoms with Crippen LogP contribution >= 0.6 is 0 Å². The van der Waals surface area contributed by atoms with Gasteiger partial charge < -0.3 is 9.29 Å². The molecule has 0 aliphatic rings. The van der Waals surface area contributed by atoms with Crippen molar-refractivity contribution in [3.8, 4) is 5.75 Å². The smallest absolute Gasteiger partial charge is 0.478 e. The Labute approximate surface area is 138 Å². The minimum Gasteiger partial charge on any atom is -0.478 e. The first kappa shape index (κ1) is 20.3. The first-order valence-corrected chi connectivity index (χ1v) is 8.41. The third-order valence-electron chi connectivity index (χ3n) is 3.32. The zero-order valence-corrected chi connectivity index (χ0v) is 14.7. The number of halogens is 3. The number of alkyl halides is 3. The van der Waals surface area contributed by atoms with Crippen molar-refractivity contribution in [2.45, 2.75) is 51.5 Å². The standard InChI is InChI=1S/C15H19F3O5S/c1-8(2)10-6-9(14(3,4)5)7-11(12(10)13(19)20)23-24(21,22)15(16,17)18/h6-8H,1-5H3,(H,19,20). The molecule has 9 heteroatoms. The molecule has 0 heterocycles. The third-order valence-corrected chi connectivity index (χ3v) is 4.28. The highest BCUT2D eigenvalue weighted by Crippen LogP contribution is 2.37. The second-order valence-electron chi connectivity index (χ2n) is 6.63. The van der Waals surface area contributed by atoms with Crippen molar-refractivity contribution < 1.29 is 35.7 Å². The lowest BCUT2D eigenvalue weighted by Crippen LogP contribution is -2.29. The Hall–Kier alpha value is -1.77. The van der Waals surface area contributed by atoms with E-state index in [9.17, 15) is 31.5 Å². The molecular formula is C15H19F3O5S. The van der Waals surface area contributed by atoms with Gasteiger partial charge in [-0.05, 0) is 28.5 Å². The maximum atomic E-state index is 12.6. The number of aromatic carboxylic acids is 1. The first-order chi connectivity index (χ1) is 10.6. The third kappa shape index (κ3) is 4.19. The van der Waals surface area contributed by atoms with E-state index in [0.29, 0.717) is 5.56 Å². The summed E-state index contributed by atoms with van der Waals surface area (Å²) in [4.78, 5) is 11.5. The van der Waals surface area contributed by atoms with Crippen LogP contribution in [-0.2, 0) is 15.5 Å². The van der Waals surface area contributed by atoms with Gasteiger partial charge in [0, 0.05) is 0 Å². The molecule has 0 unspecified atom stereocenters. The summed E-state index contributed by atoms with van der Waals surface area (Å²) < 4.78 is 64.5. The van der Waals surface area contributed by atoms with Crippen molar-refractivity contribution in [3.63, 3.8) is 0 Å². The van der Waals surface area contributed by atoms with E-state index in [0.717, 1.165) is 6.07 Å². The molecule has 24 heavy (non-hydrogen) atoms. The van der Waals surface area contributed by atoms with Crippen LogP contribution in [0.15, 0.2) is 12.1 Å². The van der Waals surface area contributed by atoms with Crippen molar-refractivity contribution >= 4 is 16.1 Å². The van der Waals surface area contributed by atoms with Crippen LogP contribution in [-0.4, -0.2) is 25.0 Å². The van der Waals surface area contributed by atoms with E-state index >= 15 is 0 Å². The summed E-state index contributed by atoms with van der Waals surface area (Å²) in [5.41, 5.74) is -6.14. The normalized spacial score (nSPS) is 13.2. The second-order valence-corrected chi connectivity index (χ2v) is 8.17. The van der Waals surface area contributed by atoms with Crippen LogP contribution < -0.4 is 4.18 Å². The van der Waals surface area contributed by atoms with Crippen LogP contribution in [0.3, 0.4) is 0 Å². The molecular weight excluding hydrogens is 349 g/mol. The predicted molar refractivity (Wildman–Crippen MR) is 81.8 cm³/mol. The van der Waals surface area contributed by atoms with Gasteiger partial charge in [-0.15, -0.1) is 0 Å². The number of hydrogen-bond donors (Lipinski definition) is 1. The SMILES string of the molecule is CC(C)c1cc(C(C)(C)C)cc(OS(=O)(=O)C(F)(F)F)c1C(=O)O. The van der Waals surface area contributed by atoms with Crippen LogP contribution in [0.5, 0.6) is 5.75 Å². The molecule has 1 aromatic rings. The van der Waals surface area contributed by atoms with E-state index < -0.39 is 38.3 Å². The van der Waals surface area contributed by atoms with Crippen LogP contribution in [0.1, 0.15) is 62.0 Å². The molecule has 0 aliphatic carbocycles. The lowest BCUT2D eigenvalue weighted by molar-refractivity contribution is -0.0500. The molecule has 0 fully saturated rings. The lowest BCUT2D eigenvalue weighted by Gasteiger charge is -2.24. The number of carboxylic acids is 1. The van der Waals surface area contributed by atoms with E-state index in [4.69, 9.17) is 0 Å². The number of benzene rings is 1. The number of hydrogen-bond acceptors (Lipinski definition) is 4. The number of carboxylic acid groups (broad SMARTS) is 1. The molecule has 0 spiro atoms. The van der Waals surface area contributed by atoms with Crippen molar-refractivity contribution in [1.82, 2.24) is 0 Å². The van der Waals surface area contributed by atoms with Gasteiger partial charge in [0.2, 0.25) is 0 Å². The van der Waals surface area contributed by atoms with E-state index in [1.165, 1.54) is 0 Å². The van der Waals surface area contributed by atoms with Crippen LogP contribution in [0.2, 0.25) is 0 Å². The number of carbonyl (C=O) groups is 1. The Kier molecular flexibility index (Phi) is 5.30. The Bertz CT molecular complexity index is 744. The van der Waals surface area contributed by atoms with Gasteiger partial charge in [0.25, 0.3) is 0 Å². The maximum absolute atomic E-state index is 12.6. The monoisotopic (exact) mass is 368 g/mol. The zero-order valence-electron chi connectivity index (χ0n) is 13.9. The highest BCUT2D eigenvalue weighted by atomic mass is 32.2. The first-order valence-electron chi connectivity index (χ1n) is 7.00. The summed E-state index contributed by atoms with van der Waals surface area (Å²) in [6.45, 7) is 8.57. The molecule has 0 aliphatic heterocycles. The van der Waals surface area contributed by atoms with Crippen LogP contribution in [0.25, 0.3) is 0 Å². The van der Waals surface area contributed by atoms with Crippen LogP contribution in [0, 0.1) is 0 Å². The second kappa shape index (κ2) is 6.27. The fourth-order valence-corrected chi connectivity index (χ4v) is 2.45. The van der Waals surface area contributed by atoms with Gasteiger partial charge in [0.1, 0.15) is 5.56 Å². The van der Waals surface area contributed by atoms with Gasteiger partial charge in [-0.25, -0.2) is 4.79 Å². The maximum Gasteiger partial charge on any atom is 0.534 e. The van der Waals surface area contributed by atoms with E-state index in [1.807, 2.05) is 0 Å². The minimum atomic E-state index is -5.97. The fourth-order valence-electron chi connectivity index (χ4n) is 1.99. The topological polar surface area (TPSA) is 80.7 Å². The Morgan fingerprint density at radius 1 is 1.17 bits per heavy atom. The summed E-state index contributed by atoms with van der Waals surface area (Å²) in [5.74, 6) is -2.77. The molecule has 0 saturated heterocycles. The van der Waals surface area contributed by atoms with Gasteiger partial charge in [-0.3, -0.25) is 0 Å². The van der Waals surface area contributed by atoms with Gasteiger partial charge in [-0.1, -0.05) is 40.7 Å². The molecule has 1 rings (SSSR count). The summed E-state index contributed by atoms with van der Waals surface area (Å²) >= 11 is 0. The lowest BCUT2D eigenvalue weighted by atomic mass is 9.83. The molecule has 0 saturated carbocycles. The predicted octanol–water partition coefficient (Wildman–Crippen LogP) is 4.03. The molecule has 5 nitrogen and oxygen atoms in total. The van der Waals surface area contributed by atoms with Crippen molar-refractivity contribution in [3.05, 3.63) is 28.8 Å². The summed E-state index contributed by atoms with van der Waals surface area (Å²) in [7, 11) is -5.97. The molecule has 0 aromatic heterocycles. The van der Waals surface area contributed by atoms with E-state index in [2.05, 4.69) is 4.18 Å². The Morgan fingerprint density at radius 2 is 1.67 bits per heavy atom. The number of rotatable bonds is 4. The fraction of sp³-hybridized carbons (Fsp3) is 0.533.